The molecule has 1 N–H and O–H groups in total. The standard InChI is InChI=1S/C20H19N5O3/c1-14-20(27)24(16-5-2-3-6-17(16)28-14)12-9-19(26)23-15-7-8-18(21-13-15)25-11-4-10-22-25/h2-8,10-11,13-14H,9,12H2,1H3,(H,23,26). The third kappa shape index (κ3) is 3.57. The maximum Gasteiger partial charge on any atom is 0.267 e. The summed E-state index contributed by atoms with van der Waals surface area (Å²) in [6, 6.07) is 12.7. The second-order valence-electron chi connectivity index (χ2n) is 6.37. The molecule has 1 aromatic carbocycles. The average Bonchev–Trinajstić information content (AvgIpc) is 3.24. The number of fused-ring (bicyclic) bond motifs is 1. The lowest BCUT2D eigenvalue weighted by Gasteiger charge is -2.32. The fourth-order valence-corrected chi connectivity index (χ4v) is 3.03. The summed E-state index contributed by atoms with van der Waals surface area (Å²) in [6.45, 7) is 1.98. The van der Waals surface area contributed by atoms with Crippen molar-refractivity contribution in [3.8, 4) is 11.6 Å². The van der Waals surface area contributed by atoms with Gasteiger partial charge in [-0.15, -0.1) is 0 Å². The van der Waals surface area contributed by atoms with E-state index in [2.05, 4.69) is 15.4 Å². The lowest BCUT2D eigenvalue weighted by atomic mass is 10.1. The molecule has 4 rings (SSSR count). The van der Waals surface area contributed by atoms with Crippen LogP contribution < -0.4 is 15.0 Å². The van der Waals surface area contributed by atoms with Gasteiger partial charge in [-0.3, -0.25) is 9.59 Å². The summed E-state index contributed by atoms with van der Waals surface area (Å²) in [6.07, 6.45) is 4.62. The van der Waals surface area contributed by atoms with Crippen LogP contribution in [0.15, 0.2) is 61.1 Å². The number of anilines is 2. The zero-order valence-electron chi connectivity index (χ0n) is 15.3. The highest BCUT2D eigenvalue weighted by Gasteiger charge is 2.31. The van der Waals surface area contributed by atoms with Gasteiger partial charge in [0.2, 0.25) is 5.91 Å². The van der Waals surface area contributed by atoms with E-state index in [-0.39, 0.29) is 24.8 Å². The van der Waals surface area contributed by atoms with Crippen molar-refractivity contribution in [2.75, 3.05) is 16.8 Å². The van der Waals surface area contributed by atoms with Crippen LogP contribution in [0.2, 0.25) is 0 Å². The Morgan fingerprint density at radius 3 is 2.82 bits per heavy atom. The number of nitrogens with one attached hydrogen (secondary N) is 1. The lowest BCUT2D eigenvalue weighted by Crippen LogP contribution is -2.45. The molecule has 8 nitrogen and oxygen atoms in total. The summed E-state index contributed by atoms with van der Waals surface area (Å²) in [4.78, 5) is 30.7. The van der Waals surface area contributed by atoms with Gasteiger partial charge in [0.05, 0.1) is 17.6 Å². The van der Waals surface area contributed by atoms with E-state index >= 15 is 0 Å². The molecular weight excluding hydrogens is 358 g/mol. The summed E-state index contributed by atoms with van der Waals surface area (Å²) < 4.78 is 7.24. The number of para-hydroxylation sites is 2. The van der Waals surface area contributed by atoms with Crippen molar-refractivity contribution >= 4 is 23.2 Å². The van der Waals surface area contributed by atoms with Gasteiger partial charge in [0.1, 0.15) is 5.75 Å². The first-order valence-corrected chi connectivity index (χ1v) is 8.95. The summed E-state index contributed by atoms with van der Waals surface area (Å²) in [5, 5.41) is 6.91. The normalized spacial score (nSPS) is 15.7. The molecule has 2 aromatic heterocycles. The number of rotatable bonds is 5. The van der Waals surface area contributed by atoms with Gasteiger partial charge in [-0.25, -0.2) is 9.67 Å². The largest absolute Gasteiger partial charge is 0.479 e. The van der Waals surface area contributed by atoms with Crippen molar-refractivity contribution in [2.24, 2.45) is 0 Å². The van der Waals surface area contributed by atoms with Crippen LogP contribution in [0.1, 0.15) is 13.3 Å². The topological polar surface area (TPSA) is 89.3 Å². The molecule has 1 aliphatic heterocycles. The third-order valence-corrected chi connectivity index (χ3v) is 4.41. The Balaban J connectivity index is 1.39. The summed E-state index contributed by atoms with van der Waals surface area (Å²) in [5.74, 6) is 0.954. The first-order chi connectivity index (χ1) is 13.6. The van der Waals surface area contributed by atoms with E-state index < -0.39 is 6.10 Å². The van der Waals surface area contributed by atoms with Gasteiger partial charge in [0.15, 0.2) is 11.9 Å². The number of aromatic nitrogens is 3. The molecule has 3 heterocycles. The van der Waals surface area contributed by atoms with Crippen LogP contribution in [0, 0.1) is 0 Å². The Kier molecular flexibility index (Phi) is 4.76. The van der Waals surface area contributed by atoms with E-state index in [1.54, 1.807) is 47.2 Å². The highest BCUT2D eigenvalue weighted by molar-refractivity contribution is 6.00. The van der Waals surface area contributed by atoms with Gasteiger partial charge in [0.25, 0.3) is 5.91 Å². The van der Waals surface area contributed by atoms with Gasteiger partial charge < -0.3 is 15.0 Å². The zero-order chi connectivity index (χ0) is 19.5. The Morgan fingerprint density at radius 1 is 1.21 bits per heavy atom. The molecular formula is C20H19N5O3. The summed E-state index contributed by atoms with van der Waals surface area (Å²) >= 11 is 0. The Morgan fingerprint density at radius 2 is 2.07 bits per heavy atom. The number of benzene rings is 1. The number of pyridine rings is 1. The summed E-state index contributed by atoms with van der Waals surface area (Å²) in [7, 11) is 0. The van der Waals surface area contributed by atoms with Gasteiger partial charge in [-0.1, -0.05) is 12.1 Å². The number of ether oxygens (including phenoxy) is 1. The van der Waals surface area contributed by atoms with Crippen molar-refractivity contribution in [2.45, 2.75) is 19.4 Å². The molecule has 142 valence electrons. The zero-order valence-corrected chi connectivity index (χ0v) is 15.3. The predicted octanol–water partition coefficient (Wildman–Crippen LogP) is 2.41. The van der Waals surface area contributed by atoms with Crippen molar-refractivity contribution in [3.63, 3.8) is 0 Å². The second kappa shape index (κ2) is 7.51. The van der Waals surface area contributed by atoms with E-state index in [1.807, 2.05) is 30.3 Å². The third-order valence-electron chi connectivity index (χ3n) is 4.41. The second-order valence-corrected chi connectivity index (χ2v) is 6.37. The van der Waals surface area contributed by atoms with Crippen molar-refractivity contribution < 1.29 is 14.3 Å². The molecule has 0 aliphatic carbocycles. The smallest absolute Gasteiger partial charge is 0.267 e. The minimum atomic E-state index is -0.572. The molecule has 1 unspecified atom stereocenters. The molecule has 0 radical (unpaired) electrons. The monoisotopic (exact) mass is 377 g/mol. The molecule has 0 saturated heterocycles. The number of hydrogen-bond acceptors (Lipinski definition) is 5. The van der Waals surface area contributed by atoms with E-state index in [9.17, 15) is 9.59 Å². The highest BCUT2D eigenvalue weighted by atomic mass is 16.5. The molecule has 8 heteroatoms. The molecule has 2 amide bonds. The Hall–Kier alpha value is -3.68. The molecule has 0 fully saturated rings. The number of amides is 2. The Labute approximate surface area is 161 Å². The van der Waals surface area contributed by atoms with Crippen molar-refractivity contribution in [1.82, 2.24) is 14.8 Å². The van der Waals surface area contributed by atoms with E-state index in [4.69, 9.17) is 4.74 Å². The van der Waals surface area contributed by atoms with Crippen LogP contribution in [-0.2, 0) is 9.59 Å². The van der Waals surface area contributed by atoms with E-state index in [1.165, 1.54) is 0 Å². The predicted molar refractivity (Wildman–Crippen MR) is 103 cm³/mol. The minimum Gasteiger partial charge on any atom is -0.479 e. The van der Waals surface area contributed by atoms with Crippen LogP contribution >= 0.6 is 0 Å². The van der Waals surface area contributed by atoms with E-state index in [0.29, 0.717) is 22.9 Å². The van der Waals surface area contributed by atoms with Gasteiger partial charge in [-0.05, 0) is 37.3 Å². The SMILES string of the molecule is CC1Oc2ccccc2N(CCC(=O)Nc2ccc(-n3cccn3)nc2)C1=O. The van der Waals surface area contributed by atoms with Crippen LogP contribution in [0.4, 0.5) is 11.4 Å². The number of hydrogen-bond donors (Lipinski definition) is 1. The summed E-state index contributed by atoms with van der Waals surface area (Å²) in [5.41, 5.74) is 1.27. The van der Waals surface area contributed by atoms with E-state index in [0.717, 1.165) is 0 Å². The van der Waals surface area contributed by atoms with Crippen molar-refractivity contribution in [1.29, 1.82) is 0 Å². The maximum absolute atomic E-state index is 12.5. The molecule has 0 saturated carbocycles. The fourth-order valence-electron chi connectivity index (χ4n) is 3.03. The van der Waals surface area contributed by atoms with Crippen molar-refractivity contribution in [3.05, 3.63) is 61.1 Å². The first kappa shape index (κ1) is 17.7. The highest BCUT2D eigenvalue weighted by Crippen LogP contribution is 2.33. The fraction of sp³-hybridized carbons (Fsp3) is 0.200. The minimum absolute atomic E-state index is 0.156. The van der Waals surface area contributed by atoms with Crippen LogP contribution in [0.3, 0.4) is 0 Å². The number of carbonyl (C=O) groups is 2. The average molecular weight is 377 g/mol. The van der Waals surface area contributed by atoms with Crippen LogP contribution in [0.25, 0.3) is 5.82 Å². The first-order valence-electron chi connectivity index (χ1n) is 8.95. The van der Waals surface area contributed by atoms with Gasteiger partial charge in [-0.2, -0.15) is 5.10 Å². The molecule has 3 aromatic rings. The molecule has 0 spiro atoms. The Bertz CT molecular complexity index is 985. The molecule has 0 bridgehead atoms. The quantitative estimate of drug-likeness (QED) is 0.738. The molecule has 1 atom stereocenters. The maximum atomic E-state index is 12.5. The number of nitrogens with zero attached hydrogens (tertiary/aromatic N) is 4. The van der Waals surface area contributed by atoms with Crippen LogP contribution in [-0.4, -0.2) is 39.2 Å². The lowest BCUT2D eigenvalue weighted by molar-refractivity contribution is -0.125. The molecule has 1 aliphatic rings. The molecule has 28 heavy (non-hydrogen) atoms. The van der Waals surface area contributed by atoms with Gasteiger partial charge in [0, 0.05) is 25.4 Å². The van der Waals surface area contributed by atoms with Gasteiger partial charge >= 0.3 is 0 Å². The number of carbonyl (C=O) groups excluding carboxylic acids is 2. The van der Waals surface area contributed by atoms with Crippen LogP contribution in [0.5, 0.6) is 5.75 Å².